The van der Waals surface area contributed by atoms with Crippen LogP contribution in [0.25, 0.3) is 0 Å². The van der Waals surface area contributed by atoms with E-state index >= 15 is 0 Å². The van der Waals surface area contributed by atoms with E-state index in [9.17, 15) is 13.6 Å². The van der Waals surface area contributed by atoms with Gasteiger partial charge >= 0.3 is 0 Å². The first-order chi connectivity index (χ1) is 8.83. The summed E-state index contributed by atoms with van der Waals surface area (Å²) in [7, 11) is 0. The molecule has 20 heavy (non-hydrogen) atoms. The van der Waals surface area contributed by atoms with Gasteiger partial charge in [0.2, 0.25) is 0 Å². The third kappa shape index (κ3) is 4.68. The normalized spacial score (nSPS) is 10.9. The van der Waals surface area contributed by atoms with Crippen molar-refractivity contribution in [1.82, 2.24) is 5.32 Å². The lowest BCUT2D eigenvalue weighted by Crippen LogP contribution is -2.49. The molecule has 0 bridgehead atoms. The molecule has 7 heteroatoms. The van der Waals surface area contributed by atoms with Crippen molar-refractivity contribution >= 4 is 34.2 Å². The van der Waals surface area contributed by atoms with Crippen LogP contribution in [0.4, 0.5) is 8.78 Å². The summed E-state index contributed by atoms with van der Waals surface area (Å²) < 4.78 is 26.3. The summed E-state index contributed by atoms with van der Waals surface area (Å²) in [5, 5.41) is 2.65. The zero-order chi connectivity index (χ0) is 14.6. The van der Waals surface area contributed by atoms with Crippen LogP contribution in [0.2, 0.25) is 0 Å². The Morgan fingerprint density at radius 2 is 1.80 bits per heavy atom. The van der Waals surface area contributed by atoms with Crippen molar-refractivity contribution in [2.75, 3.05) is 6.54 Å². The van der Waals surface area contributed by atoms with Crippen molar-refractivity contribution in [3.63, 3.8) is 0 Å². The Morgan fingerprint density at radius 1 is 1.30 bits per heavy atom. The van der Waals surface area contributed by atoms with Gasteiger partial charge < -0.3 is 11.1 Å². The van der Waals surface area contributed by atoms with Gasteiger partial charge in [0.1, 0.15) is 0 Å². The maximum Gasteiger partial charge on any atom is 0.252 e. The SMILES string of the molecule is CCC(N)(CC)CNC(=O)c1cc(F)c(F)cc1Br.Cl. The summed E-state index contributed by atoms with van der Waals surface area (Å²) in [5.41, 5.74) is 5.62. The first kappa shape index (κ1) is 19.3. The summed E-state index contributed by atoms with van der Waals surface area (Å²) in [5.74, 6) is -2.54. The van der Waals surface area contributed by atoms with E-state index in [-0.39, 0.29) is 29.0 Å². The Hall–Kier alpha value is -0.720. The third-order valence-electron chi connectivity index (χ3n) is 3.26. The highest BCUT2D eigenvalue weighted by molar-refractivity contribution is 9.10. The number of hydrogen-bond donors (Lipinski definition) is 2. The van der Waals surface area contributed by atoms with Gasteiger partial charge in [0, 0.05) is 16.6 Å². The third-order valence-corrected chi connectivity index (χ3v) is 3.92. The Bertz CT molecular complexity index is 482. The topological polar surface area (TPSA) is 55.1 Å². The average molecular weight is 372 g/mol. The van der Waals surface area contributed by atoms with Crippen molar-refractivity contribution in [2.45, 2.75) is 32.2 Å². The molecule has 1 aromatic carbocycles. The van der Waals surface area contributed by atoms with Gasteiger partial charge in [0.25, 0.3) is 5.91 Å². The van der Waals surface area contributed by atoms with Gasteiger partial charge in [0.05, 0.1) is 5.56 Å². The van der Waals surface area contributed by atoms with Crippen molar-refractivity contribution in [2.24, 2.45) is 5.73 Å². The number of halogens is 4. The number of carbonyl (C=O) groups excluding carboxylic acids is 1. The minimum absolute atomic E-state index is 0. The molecule has 0 unspecified atom stereocenters. The van der Waals surface area contributed by atoms with Gasteiger partial charge in [-0.3, -0.25) is 4.79 Å². The molecule has 114 valence electrons. The zero-order valence-corrected chi connectivity index (χ0v) is 13.7. The predicted molar refractivity (Wildman–Crippen MR) is 81.1 cm³/mol. The van der Waals surface area contributed by atoms with E-state index in [1.54, 1.807) is 0 Å². The zero-order valence-electron chi connectivity index (χ0n) is 11.3. The van der Waals surface area contributed by atoms with Crippen LogP contribution in [-0.2, 0) is 0 Å². The molecule has 0 aliphatic rings. The maximum atomic E-state index is 13.1. The Morgan fingerprint density at radius 3 is 2.30 bits per heavy atom. The first-order valence-corrected chi connectivity index (χ1v) is 6.84. The van der Waals surface area contributed by atoms with Crippen LogP contribution < -0.4 is 11.1 Å². The van der Waals surface area contributed by atoms with E-state index in [1.165, 1.54) is 0 Å². The minimum atomic E-state index is -1.06. The second-order valence-electron chi connectivity index (χ2n) is 4.50. The van der Waals surface area contributed by atoms with E-state index in [2.05, 4.69) is 21.2 Å². The Kier molecular flexibility index (Phi) is 7.62. The number of carbonyl (C=O) groups is 1. The van der Waals surface area contributed by atoms with Gasteiger partial charge in [0.15, 0.2) is 11.6 Å². The molecular weight excluding hydrogens is 354 g/mol. The molecule has 3 N–H and O–H groups in total. The molecule has 0 fully saturated rings. The molecule has 0 aliphatic carbocycles. The average Bonchev–Trinajstić information content (AvgIpc) is 2.39. The van der Waals surface area contributed by atoms with Crippen molar-refractivity contribution < 1.29 is 13.6 Å². The smallest absolute Gasteiger partial charge is 0.252 e. The first-order valence-electron chi connectivity index (χ1n) is 6.04. The molecule has 1 amide bonds. The van der Waals surface area contributed by atoms with Crippen LogP contribution in [0.1, 0.15) is 37.0 Å². The van der Waals surface area contributed by atoms with Crippen LogP contribution in [0.5, 0.6) is 0 Å². The molecule has 1 rings (SSSR count). The molecule has 0 saturated heterocycles. The fourth-order valence-electron chi connectivity index (χ4n) is 1.55. The molecule has 0 aromatic heterocycles. The molecule has 0 spiro atoms. The molecule has 0 radical (unpaired) electrons. The second-order valence-corrected chi connectivity index (χ2v) is 5.35. The van der Waals surface area contributed by atoms with Crippen molar-refractivity contribution in [1.29, 1.82) is 0 Å². The quantitative estimate of drug-likeness (QED) is 0.780. The summed E-state index contributed by atoms with van der Waals surface area (Å²) in [4.78, 5) is 11.9. The molecule has 3 nitrogen and oxygen atoms in total. The van der Waals surface area contributed by atoms with Gasteiger partial charge in [-0.15, -0.1) is 12.4 Å². The van der Waals surface area contributed by atoms with E-state index in [1.807, 2.05) is 13.8 Å². The molecule has 0 aliphatic heterocycles. The van der Waals surface area contributed by atoms with Gasteiger partial charge in [-0.25, -0.2) is 8.78 Å². The van der Waals surface area contributed by atoms with Crippen LogP contribution in [0.15, 0.2) is 16.6 Å². The van der Waals surface area contributed by atoms with Gasteiger partial charge in [-0.1, -0.05) is 13.8 Å². The van der Waals surface area contributed by atoms with Crippen LogP contribution in [0.3, 0.4) is 0 Å². The fourth-order valence-corrected chi connectivity index (χ4v) is 2.04. The number of rotatable bonds is 5. The minimum Gasteiger partial charge on any atom is -0.350 e. The molecule has 0 atom stereocenters. The Balaban J connectivity index is 0.00000361. The number of nitrogens with two attached hydrogens (primary N) is 1. The standard InChI is InChI=1S/C13H17BrF2N2O.ClH/c1-3-13(17,4-2)7-18-12(19)8-5-10(15)11(16)6-9(8)14;/h5-6H,3-4,7,17H2,1-2H3,(H,18,19);1H. The number of amides is 1. The number of hydrogen-bond acceptors (Lipinski definition) is 2. The molecular formula is C13H18BrClF2N2O. The van der Waals surface area contributed by atoms with Gasteiger partial charge in [-0.2, -0.15) is 0 Å². The number of nitrogens with one attached hydrogen (secondary N) is 1. The second kappa shape index (κ2) is 7.90. The van der Waals surface area contributed by atoms with E-state index < -0.39 is 23.1 Å². The van der Waals surface area contributed by atoms with Crippen molar-refractivity contribution in [3.8, 4) is 0 Å². The lowest BCUT2D eigenvalue weighted by Gasteiger charge is -2.26. The van der Waals surface area contributed by atoms with Gasteiger partial charge in [-0.05, 0) is 40.9 Å². The molecule has 0 heterocycles. The highest BCUT2D eigenvalue weighted by Crippen LogP contribution is 2.21. The summed E-state index contributed by atoms with van der Waals surface area (Å²) in [6.45, 7) is 4.15. The Labute approximate surface area is 131 Å². The summed E-state index contributed by atoms with van der Waals surface area (Å²) in [6.07, 6.45) is 1.42. The monoisotopic (exact) mass is 370 g/mol. The number of benzene rings is 1. The molecule has 1 aromatic rings. The molecule has 0 saturated carbocycles. The maximum absolute atomic E-state index is 13.1. The highest BCUT2D eigenvalue weighted by Gasteiger charge is 2.22. The van der Waals surface area contributed by atoms with E-state index in [0.29, 0.717) is 12.8 Å². The van der Waals surface area contributed by atoms with Crippen LogP contribution in [-0.4, -0.2) is 18.0 Å². The van der Waals surface area contributed by atoms with Crippen molar-refractivity contribution in [3.05, 3.63) is 33.8 Å². The highest BCUT2D eigenvalue weighted by atomic mass is 79.9. The predicted octanol–water partition coefficient (Wildman–Crippen LogP) is 3.40. The largest absolute Gasteiger partial charge is 0.350 e. The summed E-state index contributed by atoms with van der Waals surface area (Å²) in [6, 6.07) is 1.80. The lowest BCUT2D eigenvalue weighted by molar-refractivity contribution is 0.0941. The van der Waals surface area contributed by atoms with Crippen LogP contribution >= 0.6 is 28.3 Å². The van der Waals surface area contributed by atoms with E-state index in [4.69, 9.17) is 5.73 Å². The summed E-state index contributed by atoms with van der Waals surface area (Å²) >= 11 is 3.04. The van der Waals surface area contributed by atoms with E-state index in [0.717, 1.165) is 12.1 Å². The fraction of sp³-hybridized carbons (Fsp3) is 0.462. The van der Waals surface area contributed by atoms with Crippen LogP contribution in [0, 0.1) is 11.6 Å². The lowest BCUT2D eigenvalue weighted by atomic mass is 9.94.